The van der Waals surface area contributed by atoms with Gasteiger partial charge in [0.2, 0.25) is 0 Å². The summed E-state index contributed by atoms with van der Waals surface area (Å²) < 4.78 is 10.1. The molecule has 1 heterocycles. The molecule has 0 aromatic rings. The van der Waals surface area contributed by atoms with Crippen molar-refractivity contribution < 1.29 is 50.3 Å². The Kier molecular flexibility index (Phi) is 7.36. The van der Waals surface area contributed by atoms with Crippen molar-refractivity contribution in [2.75, 3.05) is 19.8 Å². The summed E-state index contributed by atoms with van der Waals surface area (Å²) in [6.07, 6.45) is -12.0. The molecule has 0 bridgehead atoms. The van der Waals surface area contributed by atoms with Gasteiger partial charge in [-0.05, 0) is 0 Å². The maximum Gasteiger partial charge on any atom is 0.187 e. The van der Waals surface area contributed by atoms with Crippen LogP contribution in [-0.2, 0) is 9.47 Å². The molecule has 1 aliphatic rings. The van der Waals surface area contributed by atoms with Gasteiger partial charge in [-0.3, -0.25) is 0 Å². The molecule has 10 nitrogen and oxygen atoms in total. The van der Waals surface area contributed by atoms with Crippen molar-refractivity contribution in [3.05, 3.63) is 0 Å². The maximum absolute atomic E-state index is 9.73. The van der Waals surface area contributed by atoms with Gasteiger partial charge in [0.25, 0.3) is 0 Å². The van der Waals surface area contributed by atoms with E-state index in [2.05, 4.69) is 0 Å². The van der Waals surface area contributed by atoms with Crippen molar-refractivity contribution in [2.24, 2.45) is 0 Å². The van der Waals surface area contributed by atoms with Gasteiger partial charge in [-0.2, -0.15) is 0 Å². The smallest absolute Gasteiger partial charge is 0.187 e. The van der Waals surface area contributed by atoms with E-state index >= 15 is 0 Å². The summed E-state index contributed by atoms with van der Waals surface area (Å²) in [5, 5.41) is 74.4. The fourth-order valence-corrected chi connectivity index (χ4v) is 1.97. The topological polar surface area (TPSA) is 180 Å². The molecule has 8 atom stereocenters. The second-order valence-electron chi connectivity index (χ2n) is 4.80. The molecule has 0 aromatic carbocycles. The fraction of sp³-hybridized carbons (Fsp3) is 1.00. The van der Waals surface area contributed by atoms with Crippen molar-refractivity contribution in [3.8, 4) is 0 Å². The fourth-order valence-electron chi connectivity index (χ4n) is 1.97. The minimum atomic E-state index is -1.66. The first-order valence-electron chi connectivity index (χ1n) is 6.41. The van der Waals surface area contributed by atoms with Gasteiger partial charge >= 0.3 is 0 Å². The zero-order valence-electron chi connectivity index (χ0n) is 11.1. The van der Waals surface area contributed by atoms with Crippen molar-refractivity contribution in [1.29, 1.82) is 0 Å². The molecule has 21 heavy (non-hydrogen) atoms. The molecule has 0 aliphatic carbocycles. The van der Waals surface area contributed by atoms with Crippen molar-refractivity contribution >= 4 is 0 Å². The molecule has 1 rings (SSSR count). The lowest BCUT2D eigenvalue weighted by molar-refractivity contribution is -0.233. The van der Waals surface area contributed by atoms with Gasteiger partial charge in [-0.1, -0.05) is 0 Å². The molecule has 0 amide bonds. The predicted molar refractivity (Wildman–Crippen MR) is 64.8 cm³/mol. The number of aliphatic hydroxyl groups excluding tert-OH is 8. The Hall–Kier alpha value is -0.400. The van der Waals surface area contributed by atoms with E-state index in [1.165, 1.54) is 0 Å². The molecular formula is C11H22O10. The molecule has 0 radical (unpaired) electrons. The maximum atomic E-state index is 9.73. The monoisotopic (exact) mass is 314 g/mol. The number of hydrogen-bond acceptors (Lipinski definition) is 10. The molecule has 10 heteroatoms. The summed E-state index contributed by atoms with van der Waals surface area (Å²) in [5.41, 5.74) is 0. The number of aliphatic hydroxyl groups is 8. The molecule has 1 saturated heterocycles. The average Bonchev–Trinajstić information content (AvgIpc) is 2.78. The Balaban J connectivity index is 2.68. The van der Waals surface area contributed by atoms with Crippen LogP contribution >= 0.6 is 0 Å². The molecule has 1 aliphatic heterocycles. The van der Waals surface area contributed by atoms with Gasteiger partial charge in [-0.25, -0.2) is 0 Å². The van der Waals surface area contributed by atoms with E-state index in [0.717, 1.165) is 0 Å². The van der Waals surface area contributed by atoms with Crippen molar-refractivity contribution in [3.63, 3.8) is 0 Å². The van der Waals surface area contributed by atoms with E-state index < -0.39 is 68.8 Å². The first-order valence-corrected chi connectivity index (χ1v) is 6.41. The third kappa shape index (κ3) is 4.29. The van der Waals surface area contributed by atoms with E-state index in [4.69, 9.17) is 24.8 Å². The van der Waals surface area contributed by atoms with Crippen LogP contribution in [0.1, 0.15) is 0 Å². The molecule has 0 aromatic heterocycles. The van der Waals surface area contributed by atoms with Crippen LogP contribution in [-0.4, -0.2) is 110 Å². The molecule has 0 saturated carbocycles. The van der Waals surface area contributed by atoms with Gasteiger partial charge in [-0.15, -0.1) is 0 Å². The quantitative estimate of drug-likeness (QED) is 0.216. The highest BCUT2D eigenvalue weighted by atomic mass is 16.7. The highest BCUT2D eigenvalue weighted by Gasteiger charge is 2.47. The van der Waals surface area contributed by atoms with Gasteiger partial charge in [0, 0.05) is 0 Å². The van der Waals surface area contributed by atoms with E-state index in [0.29, 0.717) is 0 Å². The van der Waals surface area contributed by atoms with Crippen LogP contribution in [0.25, 0.3) is 0 Å². The van der Waals surface area contributed by atoms with E-state index in [-0.39, 0.29) is 0 Å². The summed E-state index contributed by atoms with van der Waals surface area (Å²) in [7, 11) is 0. The van der Waals surface area contributed by atoms with Gasteiger partial charge in [0.05, 0.1) is 19.8 Å². The minimum absolute atomic E-state index is 0.712. The SMILES string of the molecule is OC[C@@H](O)[C@@H](O)[C@H](CO)O[C@H]1O[C@@H]([C@H](O)CO)[C@H](O)[C@H]1O. The van der Waals surface area contributed by atoms with Crippen molar-refractivity contribution in [1.82, 2.24) is 0 Å². The van der Waals surface area contributed by atoms with Crippen LogP contribution in [0.3, 0.4) is 0 Å². The average molecular weight is 314 g/mol. The third-order valence-corrected chi connectivity index (χ3v) is 3.27. The molecule has 0 spiro atoms. The Labute approximate surface area is 120 Å². The zero-order chi connectivity index (χ0) is 16.2. The zero-order valence-corrected chi connectivity index (χ0v) is 11.1. The second kappa shape index (κ2) is 8.29. The van der Waals surface area contributed by atoms with E-state index in [9.17, 15) is 25.5 Å². The molecule has 1 fully saturated rings. The first kappa shape index (κ1) is 18.6. The van der Waals surface area contributed by atoms with Gasteiger partial charge in [0.1, 0.15) is 42.7 Å². The standard InChI is InChI=1S/C11H22O10/c12-1-4(15)7(17)6(3-14)20-11-9(19)8(18)10(21-11)5(16)2-13/h4-19H,1-3H2/t4-,5-,6+,7-,8-,9-,10+,11+/m1/s1. The van der Waals surface area contributed by atoms with Gasteiger partial charge < -0.3 is 50.3 Å². The largest absolute Gasteiger partial charge is 0.394 e. The minimum Gasteiger partial charge on any atom is -0.394 e. The third-order valence-electron chi connectivity index (χ3n) is 3.27. The second-order valence-corrected chi connectivity index (χ2v) is 4.80. The predicted octanol–water partition coefficient (Wildman–Crippen LogP) is -5.12. The van der Waals surface area contributed by atoms with E-state index in [1.54, 1.807) is 0 Å². The summed E-state index contributed by atoms with van der Waals surface area (Å²) >= 11 is 0. The molecule has 0 unspecified atom stereocenters. The first-order chi connectivity index (χ1) is 9.87. The number of rotatable bonds is 8. The number of ether oxygens (including phenoxy) is 2. The highest BCUT2D eigenvalue weighted by Crippen LogP contribution is 2.26. The lowest BCUT2D eigenvalue weighted by Crippen LogP contribution is -2.46. The Bertz CT molecular complexity index is 303. The highest BCUT2D eigenvalue weighted by molar-refractivity contribution is 4.91. The Morgan fingerprint density at radius 1 is 0.905 bits per heavy atom. The van der Waals surface area contributed by atoms with E-state index in [1.807, 2.05) is 0 Å². The lowest BCUT2D eigenvalue weighted by atomic mass is 10.1. The van der Waals surface area contributed by atoms with Gasteiger partial charge in [0.15, 0.2) is 6.29 Å². The lowest BCUT2D eigenvalue weighted by Gasteiger charge is -2.28. The Morgan fingerprint density at radius 2 is 1.52 bits per heavy atom. The van der Waals surface area contributed by atoms with Crippen LogP contribution in [0.5, 0.6) is 0 Å². The van der Waals surface area contributed by atoms with Crippen LogP contribution in [0.4, 0.5) is 0 Å². The summed E-state index contributed by atoms with van der Waals surface area (Å²) in [6, 6.07) is 0. The summed E-state index contributed by atoms with van der Waals surface area (Å²) in [5.74, 6) is 0. The summed E-state index contributed by atoms with van der Waals surface area (Å²) in [6.45, 7) is -2.24. The van der Waals surface area contributed by atoms with Crippen LogP contribution in [0, 0.1) is 0 Å². The van der Waals surface area contributed by atoms with Crippen LogP contribution in [0.2, 0.25) is 0 Å². The van der Waals surface area contributed by atoms with Crippen LogP contribution < -0.4 is 0 Å². The normalized spacial score (nSPS) is 35.4. The Morgan fingerprint density at radius 3 is 2.00 bits per heavy atom. The van der Waals surface area contributed by atoms with Crippen LogP contribution in [0.15, 0.2) is 0 Å². The molecule has 8 N–H and O–H groups in total. The molecule has 126 valence electrons. The van der Waals surface area contributed by atoms with Crippen molar-refractivity contribution in [2.45, 2.75) is 49.0 Å². The summed E-state index contributed by atoms with van der Waals surface area (Å²) in [4.78, 5) is 0. The number of hydrogen-bond donors (Lipinski definition) is 8. The molecular weight excluding hydrogens is 292 g/mol.